The van der Waals surface area contributed by atoms with Crippen LogP contribution in [0.1, 0.15) is 40.7 Å². The fourth-order valence-electron chi connectivity index (χ4n) is 3.26. The zero-order valence-corrected chi connectivity index (χ0v) is 16.2. The predicted molar refractivity (Wildman–Crippen MR) is 110 cm³/mol. The van der Waals surface area contributed by atoms with Crippen molar-refractivity contribution in [2.75, 3.05) is 20.2 Å². The molecule has 0 atom stereocenters. The first kappa shape index (κ1) is 19.7. The van der Waals surface area contributed by atoms with E-state index in [0.717, 1.165) is 42.8 Å². The number of amides is 2. The summed E-state index contributed by atoms with van der Waals surface area (Å²) >= 11 is 0. The molecule has 0 aromatic heterocycles. The first-order chi connectivity index (χ1) is 13.7. The minimum Gasteiger partial charge on any atom is -0.497 e. The molecule has 28 heavy (non-hydrogen) atoms. The molecule has 3 rings (SSSR count). The van der Waals surface area contributed by atoms with Gasteiger partial charge in [-0.05, 0) is 60.7 Å². The van der Waals surface area contributed by atoms with E-state index in [4.69, 9.17) is 4.74 Å². The molecule has 0 spiro atoms. The van der Waals surface area contributed by atoms with Gasteiger partial charge in [0.15, 0.2) is 0 Å². The van der Waals surface area contributed by atoms with Crippen molar-refractivity contribution in [1.29, 1.82) is 0 Å². The highest BCUT2D eigenvalue weighted by Crippen LogP contribution is 2.15. The fourth-order valence-corrected chi connectivity index (χ4v) is 3.26. The zero-order chi connectivity index (χ0) is 19.8. The number of rotatable bonds is 6. The van der Waals surface area contributed by atoms with Gasteiger partial charge in [0.25, 0.3) is 5.91 Å². The molecule has 0 aliphatic carbocycles. The van der Waals surface area contributed by atoms with E-state index >= 15 is 0 Å². The molecule has 1 aliphatic rings. The average molecular weight is 378 g/mol. The van der Waals surface area contributed by atoms with Crippen molar-refractivity contribution in [3.63, 3.8) is 0 Å². The van der Waals surface area contributed by atoms with Crippen LogP contribution in [0.3, 0.4) is 0 Å². The SMILES string of the molecule is COc1cccc(C=CC(=O)NCc2cccc(C(=O)N3CCCCC3)c2)c1. The molecule has 2 aromatic carbocycles. The van der Waals surface area contributed by atoms with Gasteiger partial charge in [0.05, 0.1) is 7.11 Å². The van der Waals surface area contributed by atoms with Crippen molar-refractivity contribution >= 4 is 17.9 Å². The van der Waals surface area contributed by atoms with Gasteiger partial charge in [-0.1, -0.05) is 24.3 Å². The summed E-state index contributed by atoms with van der Waals surface area (Å²) < 4.78 is 5.18. The molecule has 1 saturated heterocycles. The van der Waals surface area contributed by atoms with Crippen LogP contribution >= 0.6 is 0 Å². The molecule has 0 radical (unpaired) electrons. The monoisotopic (exact) mass is 378 g/mol. The second-order valence-corrected chi connectivity index (χ2v) is 6.88. The number of carbonyl (C=O) groups excluding carboxylic acids is 2. The first-order valence-corrected chi connectivity index (χ1v) is 9.64. The maximum atomic E-state index is 12.6. The highest BCUT2D eigenvalue weighted by molar-refractivity contribution is 5.94. The van der Waals surface area contributed by atoms with Crippen LogP contribution in [0.15, 0.2) is 54.6 Å². The van der Waals surface area contributed by atoms with E-state index in [1.807, 2.05) is 53.4 Å². The van der Waals surface area contributed by atoms with Gasteiger partial charge in [-0.3, -0.25) is 9.59 Å². The van der Waals surface area contributed by atoms with E-state index in [1.54, 1.807) is 13.2 Å². The molecular weight excluding hydrogens is 352 g/mol. The number of hydrogen-bond acceptors (Lipinski definition) is 3. The van der Waals surface area contributed by atoms with Crippen LogP contribution < -0.4 is 10.1 Å². The Morgan fingerprint density at radius 2 is 1.86 bits per heavy atom. The Hall–Kier alpha value is -3.08. The van der Waals surface area contributed by atoms with Crippen molar-refractivity contribution in [3.8, 4) is 5.75 Å². The summed E-state index contributed by atoms with van der Waals surface area (Å²) in [5, 5.41) is 2.86. The van der Waals surface area contributed by atoms with Gasteiger partial charge in [0.1, 0.15) is 5.75 Å². The standard InChI is InChI=1S/C23H26N2O3/c1-28-21-10-6-7-18(16-21)11-12-22(26)24-17-19-8-5-9-20(15-19)23(27)25-13-3-2-4-14-25/h5-12,15-16H,2-4,13-14,17H2,1H3,(H,24,26). The number of ether oxygens (including phenoxy) is 1. The number of benzene rings is 2. The minimum atomic E-state index is -0.185. The summed E-state index contributed by atoms with van der Waals surface area (Å²) in [7, 11) is 1.61. The van der Waals surface area contributed by atoms with Crippen molar-refractivity contribution in [2.24, 2.45) is 0 Å². The number of likely N-dealkylation sites (tertiary alicyclic amines) is 1. The van der Waals surface area contributed by atoms with E-state index in [-0.39, 0.29) is 11.8 Å². The number of piperidine rings is 1. The van der Waals surface area contributed by atoms with Crippen molar-refractivity contribution < 1.29 is 14.3 Å². The van der Waals surface area contributed by atoms with Crippen LogP contribution in [-0.2, 0) is 11.3 Å². The molecular formula is C23H26N2O3. The lowest BCUT2D eigenvalue weighted by molar-refractivity contribution is -0.116. The van der Waals surface area contributed by atoms with Gasteiger partial charge in [-0.2, -0.15) is 0 Å². The molecule has 1 aliphatic heterocycles. The van der Waals surface area contributed by atoms with Crippen LogP contribution in [0, 0.1) is 0 Å². The fraction of sp³-hybridized carbons (Fsp3) is 0.304. The van der Waals surface area contributed by atoms with Gasteiger partial charge in [-0.15, -0.1) is 0 Å². The third-order valence-corrected chi connectivity index (χ3v) is 4.80. The van der Waals surface area contributed by atoms with E-state index < -0.39 is 0 Å². The smallest absolute Gasteiger partial charge is 0.253 e. The number of hydrogen-bond donors (Lipinski definition) is 1. The second-order valence-electron chi connectivity index (χ2n) is 6.88. The van der Waals surface area contributed by atoms with Crippen molar-refractivity contribution in [1.82, 2.24) is 10.2 Å². The van der Waals surface area contributed by atoms with Crippen LogP contribution in [0.4, 0.5) is 0 Å². The Labute approximate surface area is 166 Å². The Morgan fingerprint density at radius 3 is 2.64 bits per heavy atom. The molecule has 1 N–H and O–H groups in total. The summed E-state index contributed by atoms with van der Waals surface area (Å²) in [5.74, 6) is 0.638. The maximum absolute atomic E-state index is 12.6. The largest absolute Gasteiger partial charge is 0.497 e. The molecule has 5 nitrogen and oxygen atoms in total. The summed E-state index contributed by atoms with van der Waals surface area (Å²) in [6, 6.07) is 15.0. The summed E-state index contributed by atoms with van der Waals surface area (Å²) in [4.78, 5) is 26.6. The third kappa shape index (κ3) is 5.46. The molecule has 0 saturated carbocycles. The molecule has 146 valence electrons. The third-order valence-electron chi connectivity index (χ3n) is 4.80. The number of nitrogens with zero attached hydrogens (tertiary/aromatic N) is 1. The van der Waals surface area contributed by atoms with Gasteiger partial charge in [-0.25, -0.2) is 0 Å². The van der Waals surface area contributed by atoms with E-state index in [2.05, 4.69) is 5.32 Å². The molecule has 2 aromatic rings. The molecule has 0 unspecified atom stereocenters. The predicted octanol–water partition coefficient (Wildman–Crippen LogP) is 3.65. The van der Waals surface area contributed by atoms with Gasteiger partial charge < -0.3 is 15.0 Å². The van der Waals surface area contributed by atoms with Crippen LogP contribution in [0.2, 0.25) is 0 Å². The Kier molecular flexibility index (Phi) is 6.84. The molecule has 2 amide bonds. The van der Waals surface area contributed by atoms with Gasteiger partial charge in [0, 0.05) is 31.3 Å². The minimum absolute atomic E-state index is 0.0748. The van der Waals surface area contributed by atoms with Crippen LogP contribution in [-0.4, -0.2) is 36.9 Å². The quantitative estimate of drug-likeness (QED) is 0.781. The Balaban J connectivity index is 1.56. The Morgan fingerprint density at radius 1 is 1.07 bits per heavy atom. The van der Waals surface area contributed by atoms with Crippen molar-refractivity contribution in [3.05, 3.63) is 71.3 Å². The van der Waals surface area contributed by atoms with E-state index in [9.17, 15) is 9.59 Å². The highest BCUT2D eigenvalue weighted by Gasteiger charge is 2.18. The molecule has 0 bridgehead atoms. The Bertz CT molecular complexity index is 854. The van der Waals surface area contributed by atoms with Gasteiger partial charge in [0.2, 0.25) is 5.91 Å². The molecule has 1 fully saturated rings. The van der Waals surface area contributed by atoms with Crippen LogP contribution in [0.25, 0.3) is 6.08 Å². The zero-order valence-electron chi connectivity index (χ0n) is 16.2. The lowest BCUT2D eigenvalue weighted by Crippen LogP contribution is -2.35. The van der Waals surface area contributed by atoms with Crippen molar-refractivity contribution in [2.45, 2.75) is 25.8 Å². The second kappa shape index (κ2) is 9.74. The number of carbonyl (C=O) groups is 2. The van der Waals surface area contributed by atoms with E-state index in [1.165, 1.54) is 12.5 Å². The number of methoxy groups -OCH3 is 1. The average Bonchev–Trinajstić information content (AvgIpc) is 2.76. The summed E-state index contributed by atoms with van der Waals surface area (Å²) in [6.07, 6.45) is 6.58. The number of nitrogens with one attached hydrogen (secondary N) is 1. The maximum Gasteiger partial charge on any atom is 0.253 e. The summed E-state index contributed by atoms with van der Waals surface area (Å²) in [5.41, 5.74) is 2.48. The van der Waals surface area contributed by atoms with Gasteiger partial charge >= 0.3 is 0 Å². The normalized spacial score (nSPS) is 14.1. The topological polar surface area (TPSA) is 58.6 Å². The lowest BCUT2D eigenvalue weighted by Gasteiger charge is -2.26. The molecule has 5 heteroatoms. The first-order valence-electron chi connectivity index (χ1n) is 9.64. The van der Waals surface area contributed by atoms with Crippen LogP contribution in [0.5, 0.6) is 5.75 Å². The highest BCUT2D eigenvalue weighted by atomic mass is 16.5. The summed E-state index contributed by atoms with van der Waals surface area (Å²) in [6.45, 7) is 2.03. The van der Waals surface area contributed by atoms with E-state index in [0.29, 0.717) is 12.1 Å². The molecule has 1 heterocycles. The lowest BCUT2D eigenvalue weighted by atomic mass is 10.1.